The zero-order chi connectivity index (χ0) is 9.97. The van der Waals surface area contributed by atoms with Crippen LogP contribution in [-0.2, 0) is 13.5 Å². The van der Waals surface area contributed by atoms with E-state index in [0.29, 0.717) is 6.54 Å². The SMILES string of the molecule is Cn1c(CCCN)nc2ccncc21. The fraction of sp³-hybridized carbons (Fsp3) is 0.400. The molecule has 0 aliphatic rings. The zero-order valence-electron chi connectivity index (χ0n) is 8.27. The number of fused-ring (bicyclic) bond motifs is 1. The third-order valence-corrected chi connectivity index (χ3v) is 2.38. The Labute approximate surface area is 82.8 Å². The van der Waals surface area contributed by atoms with Crippen LogP contribution >= 0.6 is 0 Å². The number of imidazole rings is 1. The van der Waals surface area contributed by atoms with Crippen molar-refractivity contribution in [3.8, 4) is 0 Å². The Morgan fingerprint density at radius 1 is 1.50 bits per heavy atom. The lowest BCUT2D eigenvalue weighted by atomic mass is 10.3. The first-order valence-corrected chi connectivity index (χ1v) is 4.78. The number of nitrogens with two attached hydrogens (primary N) is 1. The summed E-state index contributed by atoms with van der Waals surface area (Å²) in [5, 5.41) is 0. The quantitative estimate of drug-likeness (QED) is 0.781. The lowest BCUT2D eigenvalue weighted by Crippen LogP contribution is -2.04. The Morgan fingerprint density at radius 3 is 3.07 bits per heavy atom. The summed E-state index contributed by atoms with van der Waals surface area (Å²) < 4.78 is 2.08. The summed E-state index contributed by atoms with van der Waals surface area (Å²) in [7, 11) is 2.02. The molecule has 0 fully saturated rings. The van der Waals surface area contributed by atoms with E-state index < -0.39 is 0 Å². The number of pyridine rings is 1. The Kier molecular flexibility index (Phi) is 2.45. The minimum atomic E-state index is 0.710. The van der Waals surface area contributed by atoms with Crippen molar-refractivity contribution in [2.75, 3.05) is 6.54 Å². The largest absolute Gasteiger partial charge is 0.330 e. The average Bonchev–Trinajstić information content (AvgIpc) is 2.54. The van der Waals surface area contributed by atoms with E-state index in [2.05, 4.69) is 14.5 Å². The minimum Gasteiger partial charge on any atom is -0.330 e. The van der Waals surface area contributed by atoms with Crippen molar-refractivity contribution in [2.45, 2.75) is 12.8 Å². The predicted molar refractivity (Wildman–Crippen MR) is 55.9 cm³/mol. The Balaban J connectivity index is 2.41. The lowest BCUT2D eigenvalue weighted by molar-refractivity contribution is 0.740. The van der Waals surface area contributed by atoms with Gasteiger partial charge in [0, 0.05) is 19.7 Å². The van der Waals surface area contributed by atoms with Gasteiger partial charge in [0.15, 0.2) is 0 Å². The molecule has 0 aliphatic carbocycles. The lowest BCUT2D eigenvalue weighted by Gasteiger charge is -1.99. The number of aromatic nitrogens is 3. The highest BCUT2D eigenvalue weighted by molar-refractivity contribution is 5.74. The zero-order valence-corrected chi connectivity index (χ0v) is 8.27. The second-order valence-electron chi connectivity index (χ2n) is 3.34. The molecule has 0 atom stereocenters. The van der Waals surface area contributed by atoms with Crippen LogP contribution in [0.4, 0.5) is 0 Å². The fourth-order valence-corrected chi connectivity index (χ4v) is 1.57. The Morgan fingerprint density at radius 2 is 2.36 bits per heavy atom. The first-order valence-electron chi connectivity index (χ1n) is 4.78. The monoisotopic (exact) mass is 190 g/mol. The summed E-state index contributed by atoms with van der Waals surface area (Å²) in [4.78, 5) is 8.60. The molecule has 0 aromatic carbocycles. The highest BCUT2D eigenvalue weighted by Crippen LogP contribution is 2.13. The molecule has 4 nitrogen and oxygen atoms in total. The maximum absolute atomic E-state index is 5.47. The summed E-state index contributed by atoms with van der Waals surface area (Å²) >= 11 is 0. The van der Waals surface area contributed by atoms with Gasteiger partial charge in [-0.2, -0.15) is 0 Å². The van der Waals surface area contributed by atoms with Crippen molar-refractivity contribution >= 4 is 11.0 Å². The van der Waals surface area contributed by atoms with Crippen LogP contribution in [-0.4, -0.2) is 21.1 Å². The average molecular weight is 190 g/mol. The van der Waals surface area contributed by atoms with Gasteiger partial charge < -0.3 is 10.3 Å². The molecule has 0 saturated heterocycles. The molecule has 0 saturated carbocycles. The molecule has 0 radical (unpaired) electrons. The second-order valence-corrected chi connectivity index (χ2v) is 3.34. The van der Waals surface area contributed by atoms with Crippen molar-refractivity contribution in [3.05, 3.63) is 24.3 Å². The van der Waals surface area contributed by atoms with Crippen LogP contribution in [0.2, 0.25) is 0 Å². The number of hydrogen-bond acceptors (Lipinski definition) is 3. The summed E-state index contributed by atoms with van der Waals surface area (Å²) in [5.41, 5.74) is 7.56. The van der Waals surface area contributed by atoms with Gasteiger partial charge in [0.05, 0.1) is 17.2 Å². The van der Waals surface area contributed by atoms with Gasteiger partial charge in [0.1, 0.15) is 5.82 Å². The molecule has 74 valence electrons. The molecule has 0 amide bonds. The summed E-state index contributed by atoms with van der Waals surface area (Å²) in [6, 6.07) is 1.93. The first kappa shape index (κ1) is 9.15. The van der Waals surface area contributed by atoms with Gasteiger partial charge in [-0.1, -0.05) is 0 Å². The van der Waals surface area contributed by atoms with Gasteiger partial charge in [0.25, 0.3) is 0 Å². The molecule has 0 bridgehead atoms. The van der Waals surface area contributed by atoms with Crippen molar-refractivity contribution in [1.82, 2.24) is 14.5 Å². The van der Waals surface area contributed by atoms with Gasteiger partial charge in [-0.15, -0.1) is 0 Å². The van der Waals surface area contributed by atoms with E-state index in [0.717, 1.165) is 29.7 Å². The standard InChI is InChI=1S/C10H14N4/c1-14-9-7-12-6-4-8(9)13-10(14)3-2-5-11/h4,6-7H,2-3,5,11H2,1H3. The van der Waals surface area contributed by atoms with Crippen molar-refractivity contribution < 1.29 is 0 Å². The summed E-state index contributed by atoms with van der Waals surface area (Å²) in [5.74, 6) is 1.08. The van der Waals surface area contributed by atoms with Gasteiger partial charge >= 0.3 is 0 Å². The number of nitrogens with zero attached hydrogens (tertiary/aromatic N) is 3. The van der Waals surface area contributed by atoms with Crippen molar-refractivity contribution in [2.24, 2.45) is 12.8 Å². The fourth-order valence-electron chi connectivity index (χ4n) is 1.57. The van der Waals surface area contributed by atoms with E-state index in [4.69, 9.17) is 5.73 Å². The van der Waals surface area contributed by atoms with Crippen LogP contribution in [0.15, 0.2) is 18.5 Å². The number of hydrogen-bond donors (Lipinski definition) is 1. The molecule has 2 N–H and O–H groups in total. The summed E-state index contributed by atoms with van der Waals surface area (Å²) in [6.07, 6.45) is 5.52. The van der Waals surface area contributed by atoms with Gasteiger partial charge in [-0.25, -0.2) is 4.98 Å². The molecule has 14 heavy (non-hydrogen) atoms. The molecular formula is C10H14N4. The third kappa shape index (κ3) is 1.48. The normalized spacial score (nSPS) is 11.0. The first-order chi connectivity index (χ1) is 6.83. The molecule has 2 heterocycles. The molecule has 2 aromatic heterocycles. The maximum atomic E-state index is 5.47. The molecule has 0 spiro atoms. The van der Waals surface area contributed by atoms with E-state index in [1.165, 1.54) is 0 Å². The van der Waals surface area contributed by atoms with Crippen LogP contribution < -0.4 is 5.73 Å². The molecule has 0 aliphatic heterocycles. The van der Waals surface area contributed by atoms with Crippen LogP contribution in [0, 0.1) is 0 Å². The number of rotatable bonds is 3. The highest BCUT2D eigenvalue weighted by atomic mass is 15.1. The van der Waals surface area contributed by atoms with Gasteiger partial charge in [0.2, 0.25) is 0 Å². The third-order valence-electron chi connectivity index (χ3n) is 2.38. The predicted octanol–water partition coefficient (Wildman–Crippen LogP) is 0.860. The van der Waals surface area contributed by atoms with Crippen LogP contribution in [0.1, 0.15) is 12.2 Å². The van der Waals surface area contributed by atoms with Crippen LogP contribution in [0.25, 0.3) is 11.0 Å². The minimum absolute atomic E-state index is 0.710. The maximum Gasteiger partial charge on any atom is 0.109 e. The smallest absolute Gasteiger partial charge is 0.109 e. The molecule has 2 aromatic rings. The molecule has 0 unspecified atom stereocenters. The van der Waals surface area contributed by atoms with E-state index in [1.54, 1.807) is 6.20 Å². The van der Waals surface area contributed by atoms with E-state index >= 15 is 0 Å². The van der Waals surface area contributed by atoms with Crippen LogP contribution in [0.5, 0.6) is 0 Å². The van der Waals surface area contributed by atoms with E-state index in [9.17, 15) is 0 Å². The molecular weight excluding hydrogens is 176 g/mol. The van der Waals surface area contributed by atoms with Crippen LogP contribution in [0.3, 0.4) is 0 Å². The van der Waals surface area contributed by atoms with Gasteiger partial charge in [-0.05, 0) is 19.0 Å². The summed E-state index contributed by atoms with van der Waals surface area (Å²) in [6.45, 7) is 0.710. The highest BCUT2D eigenvalue weighted by Gasteiger charge is 2.05. The van der Waals surface area contributed by atoms with Crippen molar-refractivity contribution in [1.29, 1.82) is 0 Å². The van der Waals surface area contributed by atoms with E-state index in [1.807, 2.05) is 19.3 Å². The Hall–Kier alpha value is -1.42. The topological polar surface area (TPSA) is 56.7 Å². The number of aryl methyl sites for hydroxylation is 2. The van der Waals surface area contributed by atoms with Gasteiger partial charge in [-0.3, -0.25) is 4.98 Å². The second kappa shape index (κ2) is 3.75. The molecule has 2 rings (SSSR count). The molecule has 4 heteroatoms. The van der Waals surface area contributed by atoms with Crippen molar-refractivity contribution in [3.63, 3.8) is 0 Å². The van der Waals surface area contributed by atoms with E-state index in [-0.39, 0.29) is 0 Å². The Bertz CT molecular complexity index is 433.